The van der Waals surface area contributed by atoms with Gasteiger partial charge in [-0.25, -0.2) is 4.98 Å². The van der Waals surface area contributed by atoms with Crippen LogP contribution in [0.4, 0.5) is 5.69 Å². The van der Waals surface area contributed by atoms with Crippen LogP contribution in [0.2, 0.25) is 0 Å². The first kappa shape index (κ1) is 21.8. The van der Waals surface area contributed by atoms with Gasteiger partial charge in [0, 0.05) is 19.3 Å². The van der Waals surface area contributed by atoms with Crippen molar-refractivity contribution >= 4 is 17.6 Å². The second kappa shape index (κ2) is 9.36. The van der Waals surface area contributed by atoms with Crippen molar-refractivity contribution in [3.63, 3.8) is 0 Å². The van der Waals surface area contributed by atoms with Crippen LogP contribution in [0.25, 0.3) is 11.1 Å². The van der Waals surface area contributed by atoms with Crippen LogP contribution in [0.15, 0.2) is 54.7 Å². The number of nitrogens with one attached hydrogen (secondary N) is 1. The highest BCUT2D eigenvalue weighted by Crippen LogP contribution is 2.28. The molecule has 32 heavy (non-hydrogen) atoms. The fourth-order valence-electron chi connectivity index (χ4n) is 4.35. The largest absolute Gasteiger partial charge is 0.480 e. The fourth-order valence-corrected chi connectivity index (χ4v) is 4.35. The minimum absolute atomic E-state index is 0.291. The molecule has 4 rings (SSSR count). The minimum Gasteiger partial charge on any atom is -0.480 e. The molecule has 0 spiro atoms. The van der Waals surface area contributed by atoms with Crippen molar-refractivity contribution in [2.24, 2.45) is 7.05 Å². The average molecular weight is 433 g/mol. The maximum absolute atomic E-state index is 13.0. The molecule has 7 heteroatoms. The van der Waals surface area contributed by atoms with Crippen LogP contribution in [0, 0.1) is 6.92 Å². The van der Waals surface area contributed by atoms with E-state index >= 15 is 0 Å². The molecular weight excluding hydrogens is 404 g/mol. The highest BCUT2D eigenvalue weighted by atomic mass is 16.4. The van der Waals surface area contributed by atoms with Crippen LogP contribution in [0.5, 0.6) is 0 Å². The number of rotatable bonds is 6. The summed E-state index contributed by atoms with van der Waals surface area (Å²) in [7, 11) is 1.80. The number of hydrogen-bond donors (Lipinski definition) is 2. The smallest absolute Gasteiger partial charge is 0.320 e. The van der Waals surface area contributed by atoms with E-state index in [1.807, 2.05) is 60.4 Å². The zero-order chi connectivity index (χ0) is 22.7. The molecule has 2 heterocycles. The summed E-state index contributed by atoms with van der Waals surface area (Å²) in [4.78, 5) is 30.9. The Morgan fingerprint density at radius 1 is 1.12 bits per heavy atom. The molecule has 1 amide bonds. The number of carboxylic acids is 1. The number of benzene rings is 2. The fraction of sp³-hybridized carbons (Fsp3) is 0.320. The maximum atomic E-state index is 13.0. The zero-order valence-corrected chi connectivity index (χ0v) is 18.4. The van der Waals surface area contributed by atoms with Crippen molar-refractivity contribution in [3.05, 3.63) is 71.8 Å². The topological polar surface area (TPSA) is 87.5 Å². The summed E-state index contributed by atoms with van der Waals surface area (Å²) in [6.07, 6.45) is 4.22. The Balaban J connectivity index is 1.52. The number of carbonyl (C=O) groups excluding carboxylic acids is 1. The van der Waals surface area contributed by atoms with Crippen molar-refractivity contribution in [2.75, 3.05) is 11.9 Å². The molecule has 0 aliphatic carbocycles. The van der Waals surface area contributed by atoms with Crippen LogP contribution in [-0.4, -0.2) is 44.0 Å². The van der Waals surface area contributed by atoms with E-state index in [1.54, 1.807) is 17.8 Å². The number of imidazole rings is 1. The molecule has 1 aromatic heterocycles. The van der Waals surface area contributed by atoms with Gasteiger partial charge < -0.3 is 15.0 Å². The summed E-state index contributed by atoms with van der Waals surface area (Å²) in [5.74, 6) is -0.785. The second-order valence-corrected chi connectivity index (χ2v) is 8.25. The zero-order valence-electron chi connectivity index (χ0n) is 18.4. The highest BCUT2D eigenvalue weighted by molar-refractivity contribution is 6.02. The van der Waals surface area contributed by atoms with Gasteiger partial charge in [-0.05, 0) is 49.1 Å². The third kappa shape index (κ3) is 4.43. The van der Waals surface area contributed by atoms with Crippen LogP contribution >= 0.6 is 0 Å². The molecule has 1 fully saturated rings. The SMILES string of the molecule is Cc1c(NC(=O)c2ncc(CN3CCCC[C@H]3C(=O)O)n2C)cccc1-c1ccccc1. The Bertz CT molecular complexity index is 1120. The Morgan fingerprint density at radius 2 is 1.91 bits per heavy atom. The third-order valence-corrected chi connectivity index (χ3v) is 6.22. The van der Waals surface area contributed by atoms with Gasteiger partial charge in [-0.15, -0.1) is 0 Å². The van der Waals surface area contributed by atoms with Gasteiger partial charge in [0.25, 0.3) is 5.91 Å². The van der Waals surface area contributed by atoms with Gasteiger partial charge in [-0.3, -0.25) is 14.5 Å². The molecule has 1 aliphatic heterocycles. The molecule has 0 bridgehead atoms. The monoisotopic (exact) mass is 432 g/mol. The number of carbonyl (C=O) groups is 2. The first-order chi connectivity index (χ1) is 15.5. The van der Waals surface area contributed by atoms with Gasteiger partial charge >= 0.3 is 5.97 Å². The van der Waals surface area contributed by atoms with E-state index < -0.39 is 12.0 Å². The number of aromatic nitrogens is 2. The Labute approximate surface area is 187 Å². The van der Waals surface area contributed by atoms with Crippen molar-refractivity contribution in [1.29, 1.82) is 0 Å². The molecule has 166 valence electrons. The summed E-state index contributed by atoms with van der Waals surface area (Å²) in [5.41, 5.74) is 4.70. The van der Waals surface area contributed by atoms with Gasteiger partial charge in [0.2, 0.25) is 0 Å². The molecular formula is C25H28N4O3. The van der Waals surface area contributed by atoms with E-state index in [0.29, 0.717) is 18.8 Å². The number of carboxylic acid groups (broad SMARTS) is 1. The molecule has 3 aromatic rings. The summed E-state index contributed by atoms with van der Waals surface area (Å²) >= 11 is 0. The van der Waals surface area contributed by atoms with E-state index in [1.165, 1.54) is 0 Å². The van der Waals surface area contributed by atoms with E-state index in [-0.39, 0.29) is 5.91 Å². The third-order valence-electron chi connectivity index (χ3n) is 6.22. The summed E-state index contributed by atoms with van der Waals surface area (Å²) in [5, 5.41) is 12.5. The Hall–Kier alpha value is -3.45. The van der Waals surface area contributed by atoms with Gasteiger partial charge in [-0.1, -0.05) is 48.9 Å². The lowest BCUT2D eigenvalue weighted by Gasteiger charge is -2.32. The lowest BCUT2D eigenvalue weighted by Crippen LogP contribution is -2.44. The number of nitrogens with zero attached hydrogens (tertiary/aromatic N) is 3. The summed E-state index contributed by atoms with van der Waals surface area (Å²) < 4.78 is 1.75. The van der Waals surface area contributed by atoms with E-state index in [2.05, 4.69) is 10.3 Å². The number of likely N-dealkylation sites (tertiary alicyclic amines) is 1. The standard InChI is InChI=1S/C25H28N4O3/c1-17-20(18-9-4-3-5-10-18)11-8-12-21(17)27-24(30)23-26-15-19(28(23)2)16-29-14-7-6-13-22(29)25(31)32/h3-5,8-12,15,22H,6-7,13-14,16H2,1-2H3,(H,27,30)(H,31,32)/t22-/m0/s1. The molecule has 1 atom stereocenters. The molecule has 2 aromatic carbocycles. The number of anilines is 1. The predicted molar refractivity (Wildman–Crippen MR) is 123 cm³/mol. The van der Waals surface area contributed by atoms with Crippen LogP contribution in [0.1, 0.15) is 41.1 Å². The van der Waals surface area contributed by atoms with E-state index in [0.717, 1.165) is 47.5 Å². The van der Waals surface area contributed by atoms with Gasteiger partial charge in [-0.2, -0.15) is 0 Å². The molecule has 0 saturated carbocycles. The number of amides is 1. The van der Waals surface area contributed by atoms with Crippen molar-refractivity contribution in [2.45, 2.75) is 38.8 Å². The lowest BCUT2D eigenvalue weighted by molar-refractivity contribution is -0.144. The van der Waals surface area contributed by atoms with Crippen molar-refractivity contribution in [3.8, 4) is 11.1 Å². The number of piperidine rings is 1. The van der Waals surface area contributed by atoms with Crippen LogP contribution in [-0.2, 0) is 18.4 Å². The van der Waals surface area contributed by atoms with Crippen LogP contribution in [0.3, 0.4) is 0 Å². The highest BCUT2D eigenvalue weighted by Gasteiger charge is 2.29. The molecule has 1 saturated heterocycles. The second-order valence-electron chi connectivity index (χ2n) is 8.25. The maximum Gasteiger partial charge on any atom is 0.320 e. The molecule has 0 radical (unpaired) electrons. The van der Waals surface area contributed by atoms with Gasteiger partial charge in [0.15, 0.2) is 5.82 Å². The molecule has 0 unspecified atom stereocenters. The molecule has 2 N–H and O–H groups in total. The van der Waals surface area contributed by atoms with E-state index in [9.17, 15) is 14.7 Å². The minimum atomic E-state index is -0.793. The first-order valence-corrected chi connectivity index (χ1v) is 10.9. The number of aliphatic carboxylic acids is 1. The lowest BCUT2D eigenvalue weighted by atomic mass is 9.99. The summed E-state index contributed by atoms with van der Waals surface area (Å²) in [6, 6.07) is 15.4. The Morgan fingerprint density at radius 3 is 2.66 bits per heavy atom. The predicted octanol–water partition coefficient (Wildman–Crippen LogP) is 4.09. The Kier molecular flexibility index (Phi) is 6.37. The average Bonchev–Trinajstić information content (AvgIpc) is 3.16. The van der Waals surface area contributed by atoms with Crippen molar-refractivity contribution < 1.29 is 14.7 Å². The quantitative estimate of drug-likeness (QED) is 0.613. The van der Waals surface area contributed by atoms with E-state index in [4.69, 9.17) is 0 Å². The van der Waals surface area contributed by atoms with Gasteiger partial charge in [0.1, 0.15) is 6.04 Å². The number of hydrogen-bond acceptors (Lipinski definition) is 4. The molecule has 1 aliphatic rings. The van der Waals surface area contributed by atoms with Crippen LogP contribution < -0.4 is 5.32 Å². The molecule has 7 nitrogen and oxygen atoms in total. The summed E-state index contributed by atoms with van der Waals surface area (Å²) in [6.45, 7) is 3.18. The van der Waals surface area contributed by atoms with Gasteiger partial charge in [0.05, 0.1) is 11.9 Å². The first-order valence-electron chi connectivity index (χ1n) is 10.9. The normalized spacial score (nSPS) is 16.6. The van der Waals surface area contributed by atoms with Crippen molar-refractivity contribution in [1.82, 2.24) is 14.5 Å².